The lowest BCUT2D eigenvalue weighted by molar-refractivity contribution is -0.153. The molecule has 0 spiro atoms. The number of amides is 2. The third-order valence-corrected chi connectivity index (χ3v) is 3.91. The number of carbonyl (C=O) groups is 2. The van der Waals surface area contributed by atoms with Crippen molar-refractivity contribution in [2.75, 3.05) is 0 Å². The first-order valence-electron chi connectivity index (χ1n) is 7.58. The molecule has 2 rings (SSSR count). The van der Waals surface area contributed by atoms with E-state index in [1.165, 1.54) is 0 Å². The van der Waals surface area contributed by atoms with Gasteiger partial charge < -0.3 is 10.2 Å². The molecule has 114 valence electrons. The van der Waals surface area contributed by atoms with Gasteiger partial charge in [-0.2, -0.15) is 0 Å². The third-order valence-electron chi connectivity index (χ3n) is 3.91. The Balaban J connectivity index is 2.23. The van der Waals surface area contributed by atoms with Crippen LogP contribution in [0.5, 0.6) is 0 Å². The lowest BCUT2D eigenvalue weighted by atomic mass is 9.93. The maximum absolute atomic E-state index is 12.7. The standard InChI is InChI=1S/C17H24N2O2/c1-11(2)15-16(20)18-14(17(21)19(15)12(3)4)10-13-8-6-5-7-9-13/h5-9,11-12,14-15H,10H2,1-4H3,(H,18,20). The highest BCUT2D eigenvalue weighted by molar-refractivity contribution is 5.97. The molecule has 2 atom stereocenters. The van der Waals surface area contributed by atoms with Crippen LogP contribution in [-0.2, 0) is 16.0 Å². The Morgan fingerprint density at radius 2 is 1.71 bits per heavy atom. The summed E-state index contributed by atoms with van der Waals surface area (Å²) in [5.74, 6) is 0.0837. The lowest BCUT2D eigenvalue weighted by Gasteiger charge is -2.43. The Morgan fingerprint density at radius 3 is 2.24 bits per heavy atom. The van der Waals surface area contributed by atoms with Crippen molar-refractivity contribution in [3.8, 4) is 0 Å². The van der Waals surface area contributed by atoms with Crippen LogP contribution in [0.3, 0.4) is 0 Å². The van der Waals surface area contributed by atoms with Gasteiger partial charge in [-0.1, -0.05) is 44.2 Å². The van der Waals surface area contributed by atoms with Gasteiger partial charge in [0.15, 0.2) is 0 Å². The van der Waals surface area contributed by atoms with E-state index in [4.69, 9.17) is 0 Å². The van der Waals surface area contributed by atoms with Crippen molar-refractivity contribution in [3.63, 3.8) is 0 Å². The van der Waals surface area contributed by atoms with Crippen molar-refractivity contribution in [1.29, 1.82) is 0 Å². The first-order chi connectivity index (χ1) is 9.91. The van der Waals surface area contributed by atoms with E-state index in [9.17, 15) is 9.59 Å². The highest BCUT2D eigenvalue weighted by atomic mass is 16.2. The first kappa shape index (κ1) is 15.5. The molecule has 1 fully saturated rings. The van der Waals surface area contributed by atoms with Crippen molar-refractivity contribution in [2.24, 2.45) is 5.92 Å². The van der Waals surface area contributed by atoms with E-state index >= 15 is 0 Å². The fourth-order valence-corrected chi connectivity index (χ4v) is 2.95. The van der Waals surface area contributed by atoms with Gasteiger partial charge in [-0.25, -0.2) is 0 Å². The summed E-state index contributed by atoms with van der Waals surface area (Å²) in [6.45, 7) is 7.88. The first-order valence-corrected chi connectivity index (χ1v) is 7.58. The Hall–Kier alpha value is -1.84. The van der Waals surface area contributed by atoms with Crippen molar-refractivity contribution < 1.29 is 9.59 Å². The van der Waals surface area contributed by atoms with Gasteiger partial charge in [0.05, 0.1) is 0 Å². The monoisotopic (exact) mass is 288 g/mol. The molecule has 0 radical (unpaired) electrons. The van der Waals surface area contributed by atoms with Crippen LogP contribution in [0.25, 0.3) is 0 Å². The zero-order chi connectivity index (χ0) is 15.6. The minimum atomic E-state index is -0.461. The van der Waals surface area contributed by atoms with Gasteiger partial charge in [-0.05, 0) is 25.3 Å². The van der Waals surface area contributed by atoms with Gasteiger partial charge in [0.25, 0.3) is 0 Å². The molecule has 0 bridgehead atoms. The molecular weight excluding hydrogens is 264 g/mol. The van der Waals surface area contributed by atoms with Crippen LogP contribution in [0.15, 0.2) is 30.3 Å². The van der Waals surface area contributed by atoms with E-state index in [1.54, 1.807) is 4.90 Å². The molecule has 1 aromatic carbocycles. The highest BCUT2D eigenvalue weighted by Gasteiger charge is 2.42. The van der Waals surface area contributed by atoms with Gasteiger partial charge >= 0.3 is 0 Å². The minimum Gasteiger partial charge on any atom is -0.342 e. The van der Waals surface area contributed by atoms with Crippen LogP contribution in [0.1, 0.15) is 33.3 Å². The lowest BCUT2D eigenvalue weighted by Crippen LogP contribution is -2.66. The number of carbonyl (C=O) groups excluding carboxylic acids is 2. The minimum absolute atomic E-state index is 0.0205. The van der Waals surface area contributed by atoms with Gasteiger partial charge in [-0.15, -0.1) is 0 Å². The third kappa shape index (κ3) is 3.26. The van der Waals surface area contributed by atoms with E-state index in [2.05, 4.69) is 5.32 Å². The second kappa shape index (κ2) is 6.29. The van der Waals surface area contributed by atoms with E-state index in [1.807, 2.05) is 58.0 Å². The summed E-state index contributed by atoms with van der Waals surface area (Å²) >= 11 is 0. The number of hydrogen-bond donors (Lipinski definition) is 1. The summed E-state index contributed by atoms with van der Waals surface area (Å²) in [4.78, 5) is 26.9. The topological polar surface area (TPSA) is 49.4 Å². The number of hydrogen-bond acceptors (Lipinski definition) is 2. The molecule has 0 aromatic heterocycles. The molecule has 4 nitrogen and oxygen atoms in total. The SMILES string of the molecule is CC(C)C1C(=O)NC(Cc2ccccc2)C(=O)N1C(C)C. The molecule has 1 aliphatic heterocycles. The molecule has 1 heterocycles. The number of piperazine rings is 1. The fourth-order valence-electron chi connectivity index (χ4n) is 2.95. The van der Waals surface area contributed by atoms with E-state index in [0.717, 1.165) is 5.56 Å². The fraction of sp³-hybridized carbons (Fsp3) is 0.529. The number of benzene rings is 1. The van der Waals surface area contributed by atoms with Crippen LogP contribution in [-0.4, -0.2) is 34.8 Å². The van der Waals surface area contributed by atoms with Crippen LogP contribution in [0, 0.1) is 5.92 Å². The molecule has 1 aliphatic rings. The zero-order valence-electron chi connectivity index (χ0n) is 13.2. The van der Waals surface area contributed by atoms with Crippen molar-refractivity contribution in [2.45, 2.75) is 52.2 Å². The van der Waals surface area contributed by atoms with Gasteiger partial charge in [0, 0.05) is 12.5 Å². The van der Waals surface area contributed by atoms with Gasteiger partial charge in [-0.3, -0.25) is 9.59 Å². The molecule has 4 heteroatoms. The predicted octanol–water partition coefficient (Wildman–Crippen LogP) is 1.99. The van der Waals surface area contributed by atoms with Crippen molar-refractivity contribution in [3.05, 3.63) is 35.9 Å². The number of nitrogens with one attached hydrogen (secondary N) is 1. The van der Waals surface area contributed by atoms with Crippen LogP contribution < -0.4 is 5.32 Å². The molecule has 21 heavy (non-hydrogen) atoms. The highest BCUT2D eigenvalue weighted by Crippen LogP contribution is 2.21. The summed E-state index contributed by atoms with van der Waals surface area (Å²) in [6, 6.07) is 8.99. The molecule has 0 saturated carbocycles. The van der Waals surface area contributed by atoms with Crippen molar-refractivity contribution >= 4 is 11.8 Å². The van der Waals surface area contributed by atoms with Crippen LogP contribution in [0.4, 0.5) is 0 Å². The molecular formula is C17H24N2O2. The molecule has 1 saturated heterocycles. The normalized spacial score (nSPS) is 22.9. The Morgan fingerprint density at radius 1 is 1.10 bits per heavy atom. The molecule has 1 N–H and O–H groups in total. The average molecular weight is 288 g/mol. The van der Waals surface area contributed by atoms with E-state index < -0.39 is 6.04 Å². The number of rotatable bonds is 4. The second-order valence-corrected chi connectivity index (χ2v) is 6.28. The van der Waals surface area contributed by atoms with Crippen molar-refractivity contribution in [1.82, 2.24) is 10.2 Å². The predicted molar refractivity (Wildman–Crippen MR) is 82.7 cm³/mol. The average Bonchev–Trinajstić information content (AvgIpc) is 2.42. The quantitative estimate of drug-likeness (QED) is 0.921. The number of nitrogens with zero attached hydrogens (tertiary/aromatic N) is 1. The summed E-state index contributed by atoms with van der Waals surface area (Å²) in [7, 11) is 0. The Kier molecular flexibility index (Phi) is 4.66. The van der Waals surface area contributed by atoms with E-state index in [-0.39, 0.29) is 29.8 Å². The molecule has 2 unspecified atom stereocenters. The van der Waals surface area contributed by atoms with Crippen LogP contribution in [0.2, 0.25) is 0 Å². The molecule has 1 aromatic rings. The van der Waals surface area contributed by atoms with Gasteiger partial charge in [0.1, 0.15) is 12.1 Å². The van der Waals surface area contributed by atoms with Crippen LogP contribution >= 0.6 is 0 Å². The smallest absolute Gasteiger partial charge is 0.246 e. The maximum atomic E-state index is 12.7. The summed E-state index contributed by atoms with van der Waals surface area (Å²) in [6.07, 6.45) is 0.541. The second-order valence-electron chi connectivity index (χ2n) is 6.28. The largest absolute Gasteiger partial charge is 0.342 e. The summed E-state index contributed by atoms with van der Waals surface area (Å²) < 4.78 is 0. The van der Waals surface area contributed by atoms with E-state index in [0.29, 0.717) is 6.42 Å². The maximum Gasteiger partial charge on any atom is 0.246 e. The summed E-state index contributed by atoms with van der Waals surface area (Å²) in [5.41, 5.74) is 1.06. The summed E-state index contributed by atoms with van der Waals surface area (Å²) in [5, 5.41) is 2.90. The van der Waals surface area contributed by atoms with Gasteiger partial charge in [0.2, 0.25) is 11.8 Å². The molecule has 2 amide bonds. The Bertz CT molecular complexity index is 511. The Labute approximate surface area is 126 Å². The zero-order valence-corrected chi connectivity index (χ0v) is 13.2. The molecule has 0 aliphatic carbocycles.